The van der Waals surface area contributed by atoms with Gasteiger partial charge in [0.15, 0.2) is 0 Å². The van der Waals surface area contributed by atoms with Crippen LogP contribution in [0.2, 0.25) is 0 Å². The molecule has 1 N–H and O–H groups in total. The Kier molecular flexibility index (Phi) is 5.55. The van der Waals surface area contributed by atoms with Crippen molar-refractivity contribution in [1.29, 1.82) is 0 Å². The fourth-order valence-corrected chi connectivity index (χ4v) is 4.15. The molecule has 0 aliphatic carbocycles. The number of rotatable bonds is 4. The second kappa shape index (κ2) is 7.60. The molecule has 0 bridgehead atoms. The Morgan fingerprint density at radius 2 is 2.11 bits per heavy atom. The maximum atomic E-state index is 13.9. The standard InChI is InChI=1S/C19H24FN5O2S/c1-19(2,3)28(26,27)24-10-13-6-5-7-25(11-13)18-14-8-17(21-4)15(20)9-16(14)22-12-23-18/h8-9,12-13,24H,5-7,10-11H2,1-3H3. The number of nitrogens with zero attached hydrogens (tertiary/aromatic N) is 4. The molecule has 0 spiro atoms. The summed E-state index contributed by atoms with van der Waals surface area (Å²) < 4.78 is 40.4. The van der Waals surface area contributed by atoms with E-state index in [1.165, 1.54) is 18.5 Å². The smallest absolute Gasteiger partial charge is 0.222 e. The van der Waals surface area contributed by atoms with E-state index in [2.05, 4.69) is 24.4 Å². The highest BCUT2D eigenvalue weighted by Gasteiger charge is 2.30. The van der Waals surface area contributed by atoms with E-state index in [1.807, 2.05) is 0 Å². The Balaban J connectivity index is 1.82. The molecular formula is C19H24FN5O2S. The van der Waals surface area contributed by atoms with Crippen molar-refractivity contribution in [2.24, 2.45) is 5.92 Å². The van der Waals surface area contributed by atoms with Crippen molar-refractivity contribution in [2.45, 2.75) is 38.4 Å². The number of benzene rings is 1. The summed E-state index contributed by atoms with van der Waals surface area (Å²) in [5.74, 6) is 0.190. The van der Waals surface area contributed by atoms with Crippen LogP contribution in [0.5, 0.6) is 0 Å². The number of anilines is 1. The first kappa shape index (κ1) is 20.4. The number of fused-ring (bicyclic) bond motifs is 1. The lowest BCUT2D eigenvalue weighted by Gasteiger charge is -2.34. The van der Waals surface area contributed by atoms with Gasteiger partial charge in [-0.2, -0.15) is 0 Å². The third-order valence-corrected chi connectivity index (χ3v) is 7.15. The Hall–Kier alpha value is -2.31. The van der Waals surface area contributed by atoms with Crippen molar-refractivity contribution in [2.75, 3.05) is 24.5 Å². The lowest BCUT2D eigenvalue weighted by Crippen LogP contribution is -2.45. The zero-order valence-corrected chi connectivity index (χ0v) is 17.1. The van der Waals surface area contributed by atoms with Crippen LogP contribution in [0.3, 0.4) is 0 Å². The minimum Gasteiger partial charge on any atom is -0.356 e. The summed E-state index contributed by atoms with van der Waals surface area (Å²) in [5.41, 5.74) is 0.389. The molecule has 3 rings (SSSR count). The van der Waals surface area contributed by atoms with Crippen molar-refractivity contribution < 1.29 is 12.8 Å². The minimum atomic E-state index is -3.40. The second-order valence-corrected chi connectivity index (χ2v) is 10.6. The van der Waals surface area contributed by atoms with Crippen LogP contribution in [0, 0.1) is 18.3 Å². The normalized spacial score (nSPS) is 18.2. The van der Waals surface area contributed by atoms with E-state index in [0.29, 0.717) is 29.8 Å². The van der Waals surface area contributed by atoms with Gasteiger partial charge in [-0.15, -0.1) is 0 Å². The number of aromatic nitrogens is 2. The number of hydrogen-bond donors (Lipinski definition) is 1. The second-order valence-electron chi connectivity index (χ2n) is 8.05. The quantitative estimate of drug-likeness (QED) is 0.790. The fourth-order valence-electron chi connectivity index (χ4n) is 3.26. The van der Waals surface area contributed by atoms with Gasteiger partial charge in [0.2, 0.25) is 15.7 Å². The third kappa shape index (κ3) is 4.08. The van der Waals surface area contributed by atoms with Gasteiger partial charge in [0.25, 0.3) is 0 Å². The lowest BCUT2D eigenvalue weighted by atomic mass is 9.98. The highest BCUT2D eigenvalue weighted by Crippen LogP contribution is 2.31. The van der Waals surface area contributed by atoms with Crippen LogP contribution in [-0.2, 0) is 10.0 Å². The van der Waals surface area contributed by atoms with Crippen LogP contribution in [0.15, 0.2) is 18.5 Å². The average Bonchev–Trinajstić information content (AvgIpc) is 2.64. The molecule has 1 aromatic heterocycles. The molecule has 150 valence electrons. The Bertz CT molecular complexity index is 1030. The zero-order valence-electron chi connectivity index (χ0n) is 16.2. The number of hydrogen-bond acceptors (Lipinski definition) is 5. The molecule has 7 nitrogen and oxygen atoms in total. The molecule has 0 saturated carbocycles. The van der Waals surface area contributed by atoms with Crippen LogP contribution in [0.4, 0.5) is 15.9 Å². The summed E-state index contributed by atoms with van der Waals surface area (Å²) in [4.78, 5) is 13.8. The Labute approximate surface area is 164 Å². The third-order valence-electron chi connectivity index (χ3n) is 4.99. The van der Waals surface area contributed by atoms with E-state index in [9.17, 15) is 12.8 Å². The van der Waals surface area contributed by atoms with Crippen LogP contribution in [0.25, 0.3) is 15.7 Å². The summed E-state index contributed by atoms with van der Waals surface area (Å²) in [6.07, 6.45) is 3.19. The summed E-state index contributed by atoms with van der Waals surface area (Å²) in [7, 11) is -3.40. The molecule has 9 heteroatoms. The molecule has 1 aliphatic heterocycles. The fraction of sp³-hybridized carbons (Fsp3) is 0.526. The SMILES string of the molecule is [C-]#[N+]c1cc2c(N3CCCC(CNS(=O)(=O)C(C)(C)C)C3)ncnc2cc1F. The lowest BCUT2D eigenvalue weighted by molar-refractivity contribution is 0.407. The topological polar surface area (TPSA) is 79.5 Å². The molecule has 1 atom stereocenters. The number of nitrogens with one attached hydrogen (secondary N) is 1. The van der Waals surface area contributed by atoms with Gasteiger partial charge < -0.3 is 4.90 Å². The predicted molar refractivity (Wildman–Crippen MR) is 107 cm³/mol. The summed E-state index contributed by atoms with van der Waals surface area (Å²) in [6, 6.07) is 2.74. The van der Waals surface area contributed by atoms with Crippen molar-refractivity contribution in [3.8, 4) is 0 Å². The summed E-state index contributed by atoms with van der Waals surface area (Å²) in [6.45, 7) is 13.9. The molecule has 2 heterocycles. The first-order valence-electron chi connectivity index (χ1n) is 9.18. The van der Waals surface area contributed by atoms with E-state index in [1.54, 1.807) is 20.8 Å². The van der Waals surface area contributed by atoms with Crippen LogP contribution in [0.1, 0.15) is 33.6 Å². The first-order valence-corrected chi connectivity index (χ1v) is 10.7. The molecule has 0 amide bonds. The molecule has 1 unspecified atom stereocenters. The van der Waals surface area contributed by atoms with Crippen molar-refractivity contribution >= 4 is 32.4 Å². The molecule has 1 aliphatic rings. The largest absolute Gasteiger partial charge is 0.356 e. The van der Waals surface area contributed by atoms with E-state index < -0.39 is 20.6 Å². The highest BCUT2D eigenvalue weighted by molar-refractivity contribution is 7.90. The molecule has 1 aromatic carbocycles. The van der Waals surface area contributed by atoms with E-state index >= 15 is 0 Å². The molecule has 0 radical (unpaired) electrons. The maximum absolute atomic E-state index is 13.9. The van der Waals surface area contributed by atoms with Gasteiger partial charge in [0.1, 0.15) is 18.0 Å². The monoisotopic (exact) mass is 405 g/mol. The molecule has 1 saturated heterocycles. The maximum Gasteiger partial charge on any atom is 0.222 e. The number of sulfonamides is 1. The van der Waals surface area contributed by atoms with E-state index in [4.69, 9.17) is 6.57 Å². The van der Waals surface area contributed by atoms with Gasteiger partial charge in [0.05, 0.1) is 16.8 Å². The average molecular weight is 405 g/mol. The van der Waals surface area contributed by atoms with Crippen LogP contribution < -0.4 is 9.62 Å². The number of piperidine rings is 1. The van der Waals surface area contributed by atoms with Crippen LogP contribution in [-0.4, -0.2) is 42.8 Å². The minimum absolute atomic E-state index is 0.0601. The van der Waals surface area contributed by atoms with Crippen molar-refractivity contribution in [3.63, 3.8) is 0 Å². The zero-order chi connectivity index (χ0) is 20.5. The summed E-state index contributed by atoms with van der Waals surface area (Å²) >= 11 is 0. The van der Waals surface area contributed by atoms with Crippen molar-refractivity contribution in [1.82, 2.24) is 14.7 Å². The van der Waals surface area contributed by atoms with E-state index in [-0.39, 0.29) is 11.6 Å². The van der Waals surface area contributed by atoms with Crippen molar-refractivity contribution in [3.05, 3.63) is 35.7 Å². The van der Waals surface area contributed by atoms with Crippen LogP contribution >= 0.6 is 0 Å². The highest BCUT2D eigenvalue weighted by atomic mass is 32.2. The van der Waals surface area contributed by atoms with E-state index in [0.717, 1.165) is 19.4 Å². The number of halogens is 1. The molecule has 1 fully saturated rings. The molecule has 2 aromatic rings. The predicted octanol–water partition coefficient (Wildman–Crippen LogP) is 3.25. The first-order chi connectivity index (χ1) is 13.1. The van der Waals surface area contributed by atoms with Gasteiger partial charge in [-0.3, -0.25) is 0 Å². The van der Waals surface area contributed by atoms with Gasteiger partial charge >= 0.3 is 0 Å². The van der Waals surface area contributed by atoms with Gasteiger partial charge in [0, 0.05) is 25.0 Å². The summed E-state index contributed by atoms with van der Waals surface area (Å²) in [5, 5.41) is 0.630. The molecule has 28 heavy (non-hydrogen) atoms. The molecular weight excluding hydrogens is 381 g/mol. The Morgan fingerprint density at radius 3 is 2.79 bits per heavy atom. The Morgan fingerprint density at radius 1 is 1.36 bits per heavy atom. The van der Waals surface area contributed by atoms with Gasteiger partial charge in [-0.05, 0) is 51.7 Å². The van der Waals surface area contributed by atoms with Gasteiger partial charge in [-0.1, -0.05) is 0 Å². The van der Waals surface area contributed by atoms with Gasteiger partial charge in [-0.25, -0.2) is 32.3 Å².